The molecule has 0 aromatic heterocycles. The van der Waals surface area contributed by atoms with Crippen molar-refractivity contribution in [2.24, 2.45) is 5.92 Å². The molecular formula is C20H33N3O3. The number of hydrogen-bond donors (Lipinski definition) is 2. The summed E-state index contributed by atoms with van der Waals surface area (Å²) in [5.74, 6) is 1.97. The third-order valence-electron chi connectivity index (χ3n) is 4.84. The van der Waals surface area contributed by atoms with Crippen molar-refractivity contribution in [1.82, 2.24) is 10.2 Å². The lowest BCUT2D eigenvalue weighted by atomic mass is 10.1. The summed E-state index contributed by atoms with van der Waals surface area (Å²) in [5, 5.41) is 6.44. The molecule has 2 atom stereocenters. The van der Waals surface area contributed by atoms with Crippen molar-refractivity contribution < 1.29 is 14.3 Å². The second-order valence-corrected chi connectivity index (χ2v) is 7.08. The molecule has 1 aliphatic heterocycles. The topological polar surface area (TPSA) is 62.8 Å². The average Bonchev–Trinajstić information content (AvgIpc) is 3.07. The van der Waals surface area contributed by atoms with Crippen molar-refractivity contribution in [3.63, 3.8) is 0 Å². The molecule has 26 heavy (non-hydrogen) atoms. The zero-order valence-electron chi connectivity index (χ0n) is 16.5. The summed E-state index contributed by atoms with van der Waals surface area (Å²) in [5.41, 5.74) is 0.634. The predicted octanol–water partition coefficient (Wildman–Crippen LogP) is 2.74. The quantitative estimate of drug-likeness (QED) is 0.669. The number of amides is 1. The first-order valence-electron chi connectivity index (χ1n) is 9.53. The van der Waals surface area contributed by atoms with Gasteiger partial charge in [-0.25, -0.2) is 0 Å². The van der Waals surface area contributed by atoms with E-state index in [-0.39, 0.29) is 11.9 Å². The number of nitrogens with zero attached hydrogens (tertiary/aromatic N) is 1. The van der Waals surface area contributed by atoms with Gasteiger partial charge in [0.05, 0.1) is 19.9 Å². The number of rotatable bonds is 10. The van der Waals surface area contributed by atoms with Crippen LogP contribution < -0.4 is 20.1 Å². The van der Waals surface area contributed by atoms with Gasteiger partial charge in [-0.1, -0.05) is 6.92 Å². The number of ether oxygens (including phenoxy) is 2. The molecule has 1 heterocycles. The zero-order valence-corrected chi connectivity index (χ0v) is 16.5. The van der Waals surface area contributed by atoms with E-state index in [9.17, 15) is 4.79 Å². The highest BCUT2D eigenvalue weighted by atomic mass is 16.5. The van der Waals surface area contributed by atoms with Gasteiger partial charge in [-0.05, 0) is 57.5 Å². The molecule has 146 valence electrons. The number of anilines is 1. The maximum Gasteiger partial charge on any atom is 0.226 e. The fraction of sp³-hybridized carbons (Fsp3) is 0.650. The van der Waals surface area contributed by atoms with E-state index in [0.29, 0.717) is 29.5 Å². The molecule has 0 aliphatic carbocycles. The lowest BCUT2D eigenvalue weighted by Crippen LogP contribution is -2.35. The number of carbonyl (C=O) groups excluding carboxylic acids is 1. The number of carbonyl (C=O) groups is 1. The highest BCUT2D eigenvalue weighted by Gasteiger charge is 2.22. The van der Waals surface area contributed by atoms with E-state index in [2.05, 4.69) is 29.4 Å². The van der Waals surface area contributed by atoms with E-state index in [1.165, 1.54) is 32.5 Å². The number of benzene rings is 1. The normalized spacial score (nSPS) is 18.5. The Kier molecular flexibility index (Phi) is 8.19. The molecule has 1 fully saturated rings. The molecule has 1 aliphatic rings. The van der Waals surface area contributed by atoms with Crippen LogP contribution in [0, 0.1) is 5.92 Å². The highest BCUT2D eigenvalue weighted by molar-refractivity contribution is 5.92. The Hall–Kier alpha value is -1.79. The molecule has 1 saturated heterocycles. The van der Waals surface area contributed by atoms with Gasteiger partial charge < -0.3 is 25.0 Å². The third kappa shape index (κ3) is 6.18. The molecule has 1 amide bonds. The van der Waals surface area contributed by atoms with Crippen LogP contribution in [0.4, 0.5) is 5.69 Å². The van der Waals surface area contributed by atoms with Gasteiger partial charge in [-0.15, -0.1) is 0 Å². The number of methoxy groups -OCH3 is 2. The Bertz CT molecular complexity index is 579. The standard InChI is InChI=1S/C20H33N3O3/c1-5-9-23-10-8-16(14-23)13-21-15(2)11-20(24)22-18-12-17(25-3)6-7-19(18)26-4/h6-7,12,15-16,21H,5,8-11,13-14H2,1-4H3,(H,22,24). The van der Waals surface area contributed by atoms with Crippen LogP contribution in [-0.4, -0.2) is 57.2 Å². The van der Waals surface area contributed by atoms with Gasteiger partial charge in [0.2, 0.25) is 5.91 Å². The minimum absolute atomic E-state index is 0.0319. The summed E-state index contributed by atoms with van der Waals surface area (Å²) in [7, 11) is 3.19. The molecule has 0 bridgehead atoms. The van der Waals surface area contributed by atoms with E-state index >= 15 is 0 Å². The Labute approximate surface area is 157 Å². The lowest BCUT2D eigenvalue weighted by molar-refractivity contribution is -0.116. The average molecular weight is 364 g/mol. The summed E-state index contributed by atoms with van der Waals surface area (Å²) in [6.07, 6.45) is 2.88. The van der Waals surface area contributed by atoms with Crippen LogP contribution in [0.5, 0.6) is 11.5 Å². The van der Waals surface area contributed by atoms with Crippen molar-refractivity contribution in [3.8, 4) is 11.5 Å². The van der Waals surface area contributed by atoms with Crippen LogP contribution in [0.2, 0.25) is 0 Å². The minimum atomic E-state index is -0.0319. The zero-order chi connectivity index (χ0) is 18.9. The summed E-state index contributed by atoms with van der Waals surface area (Å²) in [6.45, 7) is 8.81. The van der Waals surface area contributed by atoms with E-state index in [4.69, 9.17) is 9.47 Å². The van der Waals surface area contributed by atoms with E-state index in [0.717, 1.165) is 6.54 Å². The van der Waals surface area contributed by atoms with Gasteiger partial charge in [-0.2, -0.15) is 0 Å². The minimum Gasteiger partial charge on any atom is -0.497 e. The number of nitrogens with one attached hydrogen (secondary N) is 2. The summed E-state index contributed by atoms with van der Waals surface area (Å²) < 4.78 is 10.5. The molecule has 1 aromatic carbocycles. The summed E-state index contributed by atoms with van der Waals surface area (Å²) in [4.78, 5) is 14.9. The van der Waals surface area contributed by atoms with Gasteiger partial charge in [0, 0.05) is 25.1 Å². The van der Waals surface area contributed by atoms with Crippen LogP contribution in [0.1, 0.15) is 33.1 Å². The van der Waals surface area contributed by atoms with E-state index < -0.39 is 0 Å². The van der Waals surface area contributed by atoms with Crippen molar-refractivity contribution in [1.29, 1.82) is 0 Å². The molecule has 0 spiro atoms. The fourth-order valence-corrected chi connectivity index (χ4v) is 3.43. The van der Waals surface area contributed by atoms with Crippen molar-refractivity contribution in [3.05, 3.63) is 18.2 Å². The van der Waals surface area contributed by atoms with Gasteiger partial charge in [-0.3, -0.25) is 4.79 Å². The molecule has 0 saturated carbocycles. The van der Waals surface area contributed by atoms with Crippen LogP contribution in [0.3, 0.4) is 0 Å². The number of likely N-dealkylation sites (tertiary alicyclic amines) is 1. The van der Waals surface area contributed by atoms with Crippen molar-refractivity contribution >= 4 is 11.6 Å². The SMILES string of the molecule is CCCN1CCC(CNC(C)CC(=O)Nc2cc(OC)ccc2OC)C1. The number of hydrogen-bond acceptors (Lipinski definition) is 5. The first kappa shape index (κ1) is 20.5. The van der Waals surface area contributed by atoms with Crippen molar-refractivity contribution in [2.75, 3.05) is 45.7 Å². The molecule has 2 unspecified atom stereocenters. The molecule has 2 N–H and O–H groups in total. The predicted molar refractivity (Wildman–Crippen MR) is 105 cm³/mol. The molecule has 2 rings (SSSR count). The molecular weight excluding hydrogens is 330 g/mol. The first-order valence-corrected chi connectivity index (χ1v) is 9.53. The fourth-order valence-electron chi connectivity index (χ4n) is 3.43. The van der Waals surface area contributed by atoms with Crippen molar-refractivity contribution in [2.45, 2.75) is 39.2 Å². The first-order chi connectivity index (χ1) is 12.5. The van der Waals surface area contributed by atoms with E-state index in [1.807, 2.05) is 6.07 Å². The second kappa shape index (κ2) is 10.4. The second-order valence-electron chi connectivity index (χ2n) is 7.08. The molecule has 1 aromatic rings. The smallest absolute Gasteiger partial charge is 0.226 e. The third-order valence-corrected chi connectivity index (χ3v) is 4.84. The Balaban J connectivity index is 1.77. The lowest BCUT2D eigenvalue weighted by Gasteiger charge is -2.18. The van der Waals surface area contributed by atoms with Crippen LogP contribution in [0.15, 0.2) is 18.2 Å². The maximum absolute atomic E-state index is 12.4. The van der Waals surface area contributed by atoms with Gasteiger partial charge in [0.25, 0.3) is 0 Å². The maximum atomic E-state index is 12.4. The summed E-state index contributed by atoms with van der Waals surface area (Å²) >= 11 is 0. The monoisotopic (exact) mass is 363 g/mol. The highest BCUT2D eigenvalue weighted by Crippen LogP contribution is 2.29. The molecule has 6 nitrogen and oxygen atoms in total. The van der Waals surface area contributed by atoms with E-state index in [1.54, 1.807) is 26.4 Å². The van der Waals surface area contributed by atoms with Gasteiger partial charge >= 0.3 is 0 Å². The van der Waals surface area contributed by atoms with Crippen LogP contribution >= 0.6 is 0 Å². The summed E-state index contributed by atoms with van der Waals surface area (Å²) in [6, 6.07) is 5.50. The molecule has 6 heteroatoms. The van der Waals surface area contributed by atoms with Crippen LogP contribution in [-0.2, 0) is 4.79 Å². The Morgan fingerprint density at radius 3 is 2.85 bits per heavy atom. The van der Waals surface area contributed by atoms with Gasteiger partial charge in [0.1, 0.15) is 11.5 Å². The molecule has 0 radical (unpaired) electrons. The van der Waals surface area contributed by atoms with Gasteiger partial charge in [0.15, 0.2) is 0 Å². The Morgan fingerprint density at radius 2 is 2.15 bits per heavy atom. The Morgan fingerprint density at radius 1 is 1.35 bits per heavy atom. The largest absolute Gasteiger partial charge is 0.497 e. The van der Waals surface area contributed by atoms with Crippen LogP contribution in [0.25, 0.3) is 0 Å².